The monoisotopic (exact) mass is 339 g/mol. The second kappa shape index (κ2) is 5.85. The normalized spacial score (nSPS) is 12.7. The van der Waals surface area contributed by atoms with Crippen molar-refractivity contribution in [3.63, 3.8) is 0 Å². The van der Waals surface area contributed by atoms with Crippen LogP contribution in [-0.2, 0) is 0 Å². The highest BCUT2D eigenvalue weighted by Gasteiger charge is 2.24. The van der Waals surface area contributed by atoms with Crippen molar-refractivity contribution in [3.05, 3.63) is 40.1 Å². The number of nitrogens with zero attached hydrogens (tertiary/aromatic N) is 2. The van der Waals surface area contributed by atoms with Crippen molar-refractivity contribution >= 4 is 21.6 Å². The summed E-state index contributed by atoms with van der Waals surface area (Å²) in [5.41, 5.74) is 7.72. The third-order valence-electron chi connectivity index (χ3n) is 3.11. The molecule has 0 aliphatic carbocycles. The first kappa shape index (κ1) is 14.9. The SMILES string of the molecule is COc1cnn(C(C)C)c1C(O)c1cc(Br)ccc1N. The predicted molar refractivity (Wildman–Crippen MR) is 81.8 cm³/mol. The van der Waals surface area contributed by atoms with E-state index in [0.717, 1.165) is 4.47 Å². The van der Waals surface area contributed by atoms with Gasteiger partial charge >= 0.3 is 0 Å². The van der Waals surface area contributed by atoms with Gasteiger partial charge < -0.3 is 15.6 Å². The van der Waals surface area contributed by atoms with E-state index in [2.05, 4.69) is 21.0 Å². The smallest absolute Gasteiger partial charge is 0.163 e. The number of halogens is 1. The van der Waals surface area contributed by atoms with E-state index >= 15 is 0 Å². The van der Waals surface area contributed by atoms with Gasteiger partial charge in [0.1, 0.15) is 11.8 Å². The molecule has 0 radical (unpaired) electrons. The lowest BCUT2D eigenvalue weighted by Crippen LogP contribution is -2.14. The molecule has 20 heavy (non-hydrogen) atoms. The largest absolute Gasteiger partial charge is 0.493 e. The number of methoxy groups -OCH3 is 1. The summed E-state index contributed by atoms with van der Waals surface area (Å²) in [6.07, 6.45) is 0.708. The lowest BCUT2D eigenvalue weighted by atomic mass is 10.0. The molecule has 6 heteroatoms. The highest BCUT2D eigenvalue weighted by Crippen LogP contribution is 2.35. The molecule has 0 aliphatic heterocycles. The molecule has 0 saturated heterocycles. The van der Waals surface area contributed by atoms with Crippen molar-refractivity contribution in [3.8, 4) is 5.75 Å². The Hall–Kier alpha value is -1.53. The van der Waals surface area contributed by atoms with E-state index in [9.17, 15) is 5.11 Å². The molecule has 1 atom stereocenters. The maximum atomic E-state index is 10.7. The number of rotatable bonds is 4. The van der Waals surface area contributed by atoms with Gasteiger partial charge in [-0.25, -0.2) is 0 Å². The maximum absolute atomic E-state index is 10.7. The van der Waals surface area contributed by atoms with Gasteiger partial charge in [-0.2, -0.15) is 5.10 Å². The highest BCUT2D eigenvalue weighted by molar-refractivity contribution is 9.10. The zero-order valence-electron chi connectivity index (χ0n) is 11.7. The summed E-state index contributed by atoms with van der Waals surface area (Å²) < 4.78 is 7.89. The Kier molecular flexibility index (Phi) is 4.35. The first-order valence-electron chi connectivity index (χ1n) is 6.30. The van der Waals surface area contributed by atoms with Gasteiger partial charge in [-0.3, -0.25) is 4.68 Å². The number of aromatic nitrogens is 2. The van der Waals surface area contributed by atoms with E-state index in [1.54, 1.807) is 30.1 Å². The summed E-state index contributed by atoms with van der Waals surface area (Å²) >= 11 is 3.39. The quantitative estimate of drug-likeness (QED) is 0.840. The predicted octanol–water partition coefficient (Wildman–Crippen LogP) is 2.90. The van der Waals surface area contributed by atoms with Gasteiger partial charge in [0.2, 0.25) is 0 Å². The first-order valence-corrected chi connectivity index (χ1v) is 7.09. The molecule has 108 valence electrons. The standard InChI is InChI=1S/C14H18BrN3O2/c1-8(2)18-13(12(20-3)7-17-18)14(19)10-6-9(15)4-5-11(10)16/h4-8,14,19H,16H2,1-3H3. The Balaban J connectivity index is 2.55. The van der Waals surface area contributed by atoms with Gasteiger partial charge in [-0.15, -0.1) is 0 Å². The molecule has 2 rings (SSSR count). The number of hydrogen-bond acceptors (Lipinski definition) is 4. The van der Waals surface area contributed by atoms with Crippen LogP contribution < -0.4 is 10.5 Å². The van der Waals surface area contributed by atoms with E-state index < -0.39 is 6.10 Å². The average Bonchev–Trinajstić information content (AvgIpc) is 2.84. The van der Waals surface area contributed by atoms with Crippen molar-refractivity contribution in [2.45, 2.75) is 26.0 Å². The highest BCUT2D eigenvalue weighted by atomic mass is 79.9. The van der Waals surface area contributed by atoms with Crippen LogP contribution in [0.3, 0.4) is 0 Å². The number of benzene rings is 1. The fourth-order valence-electron chi connectivity index (χ4n) is 2.11. The molecular weight excluding hydrogens is 322 g/mol. The second-order valence-electron chi connectivity index (χ2n) is 4.81. The van der Waals surface area contributed by atoms with Crippen LogP contribution >= 0.6 is 15.9 Å². The number of anilines is 1. The van der Waals surface area contributed by atoms with E-state index in [-0.39, 0.29) is 6.04 Å². The molecule has 1 aromatic carbocycles. The molecule has 2 aromatic rings. The summed E-state index contributed by atoms with van der Waals surface area (Å²) in [6, 6.07) is 5.50. The molecule has 5 nitrogen and oxygen atoms in total. The molecule has 1 aromatic heterocycles. The van der Waals surface area contributed by atoms with Crippen molar-refractivity contribution in [2.24, 2.45) is 0 Å². The van der Waals surface area contributed by atoms with E-state index in [1.807, 2.05) is 19.9 Å². The minimum Gasteiger partial charge on any atom is -0.493 e. The summed E-state index contributed by atoms with van der Waals surface area (Å²) in [4.78, 5) is 0. The van der Waals surface area contributed by atoms with Gasteiger partial charge in [0.15, 0.2) is 5.75 Å². The number of aliphatic hydroxyl groups excluding tert-OH is 1. The molecule has 0 saturated carbocycles. The van der Waals surface area contributed by atoms with Crippen LogP contribution in [-0.4, -0.2) is 22.0 Å². The minimum absolute atomic E-state index is 0.108. The number of nitrogens with two attached hydrogens (primary N) is 1. The van der Waals surface area contributed by atoms with Crippen LogP contribution in [0, 0.1) is 0 Å². The molecule has 3 N–H and O–H groups in total. The molecule has 0 bridgehead atoms. The van der Waals surface area contributed by atoms with Gasteiger partial charge in [-0.1, -0.05) is 15.9 Å². The lowest BCUT2D eigenvalue weighted by molar-refractivity contribution is 0.200. The van der Waals surface area contributed by atoms with Crippen molar-refractivity contribution in [1.82, 2.24) is 9.78 Å². The van der Waals surface area contributed by atoms with Gasteiger partial charge in [0, 0.05) is 21.8 Å². The van der Waals surface area contributed by atoms with Crippen LogP contribution in [0.25, 0.3) is 0 Å². The van der Waals surface area contributed by atoms with Gasteiger partial charge in [-0.05, 0) is 32.0 Å². The summed E-state index contributed by atoms with van der Waals surface area (Å²) in [5.74, 6) is 0.547. The Bertz CT molecular complexity index is 610. The molecular formula is C14H18BrN3O2. The number of ether oxygens (including phenoxy) is 1. The Morgan fingerprint density at radius 1 is 1.40 bits per heavy atom. The van der Waals surface area contributed by atoms with Crippen molar-refractivity contribution < 1.29 is 9.84 Å². The molecule has 0 spiro atoms. The molecule has 0 aliphatic rings. The second-order valence-corrected chi connectivity index (χ2v) is 5.73. The van der Waals surface area contributed by atoms with E-state index in [0.29, 0.717) is 22.7 Å². The zero-order valence-corrected chi connectivity index (χ0v) is 13.3. The number of nitrogen functional groups attached to an aromatic ring is 1. The van der Waals surface area contributed by atoms with Crippen LogP contribution in [0.4, 0.5) is 5.69 Å². The topological polar surface area (TPSA) is 73.3 Å². The zero-order chi connectivity index (χ0) is 14.9. The lowest BCUT2D eigenvalue weighted by Gasteiger charge is -2.19. The molecule has 0 amide bonds. The van der Waals surface area contributed by atoms with Crippen molar-refractivity contribution in [1.29, 1.82) is 0 Å². The Morgan fingerprint density at radius 2 is 2.10 bits per heavy atom. The van der Waals surface area contributed by atoms with Gasteiger partial charge in [0.05, 0.1) is 13.3 Å². The Labute approximate surface area is 126 Å². The summed E-state index contributed by atoms with van der Waals surface area (Å²) in [5, 5.41) is 15.0. The van der Waals surface area contributed by atoms with E-state index in [4.69, 9.17) is 10.5 Å². The fourth-order valence-corrected chi connectivity index (χ4v) is 2.49. The average molecular weight is 340 g/mol. The molecule has 1 heterocycles. The molecule has 0 fully saturated rings. The van der Waals surface area contributed by atoms with Gasteiger partial charge in [0.25, 0.3) is 0 Å². The summed E-state index contributed by atoms with van der Waals surface area (Å²) in [7, 11) is 1.56. The minimum atomic E-state index is -0.896. The fraction of sp³-hybridized carbons (Fsp3) is 0.357. The number of aliphatic hydroxyl groups is 1. The third-order valence-corrected chi connectivity index (χ3v) is 3.60. The summed E-state index contributed by atoms with van der Waals surface area (Å²) in [6.45, 7) is 3.99. The van der Waals surface area contributed by atoms with E-state index in [1.165, 1.54) is 0 Å². The van der Waals surface area contributed by atoms with Crippen LogP contribution in [0.15, 0.2) is 28.9 Å². The first-order chi connectivity index (χ1) is 9.45. The molecule has 1 unspecified atom stereocenters. The Morgan fingerprint density at radius 3 is 2.70 bits per heavy atom. The van der Waals surface area contributed by atoms with Crippen molar-refractivity contribution in [2.75, 3.05) is 12.8 Å². The maximum Gasteiger partial charge on any atom is 0.163 e. The van der Waals surface area contributed by atoms with Crippen LogP contribution in [0.5, 0.6) is 5.75 Å². The number of hydrogen-bond donors (Lipinski definition) is 2. The van der Waals surface area contributed by atoms with Crippen LogP contribution in [0.1, 0.15) is 37.3 Å². The van der Waals surface area contributed by atoms with Crippen LogP contribution in [0.2, 0.25) is 0 Å². The third kappa shape index (κ3) is 2.66.